The van der Waals surface area contributed by atoms with Crippen LogP contribution in [0.3, 0.4) is 0 Å². The number of aromatic amines is 1. The number of rotatable bonds is 6. The van der Waals surface area contributed by atoms with Gasteiger partial charge in [0.05, 0.1) is 5.75 Å². The molecule has 0 spiro atoms. The summed E-state index contributed by atoms with van der Waals surface area (Å²) in [6.07, 6.45) is 0. The predicted molar refractivity (Wildman–Crippen MR) is 75.8 cm³/mol. The van der Waals surface area contributed by atoms with Gasteiger partial charge < -0.3 is 9.15 Å². The maximum absolute atomic E-state index is 5.54. The number of thioether (sulfide) groups is 1. The number of benzene rings is 1. The predicted octanol–water partition coefficient (Wildman–Crippen LogP) is 2.37. The van der Waals surface area contributed by atoms with Crippen molar-refractivity contribution in [3.05, 3.63) is 47.9 Å². The Morgan fingerprint density at radius 2 is 2.00 bits per heavy atom. The van der Waals surface area contributed by atoms with Crippen molar-refractivity contribution in [2.24, 2.45) is 0 Å². The summed E-state index contributed by atoms with van der Waals surface area (Å²) < 4.78 is 11.0. The fourth-order valence-corrected chi connectivity index (χ4v) is 2.26. The molecular formula is C13H13N5O2S. The third-order valence-electron chi connectivity index (χ3n) is 2.52. The third kappa shape index (κ3) is 3.82. The van der Waals surface area contributed by atoms with Crippen LogP contribution in [0, 0.1) is 6.92 Å². The lowest BCUT2D eigenvalue weighted by Gasteiger charge is -2.01. The second-order valence-electron chi connectivity index (χ2n) is 4.18. The molecule has 0 amide bonds. The van der Waals surface area contributed by atoms with E-state index in [9.17, 15) is 0 Å². The Hall–Kier alpha value is -2.35. The fraction of sp³-hybridized carbons (Fsp3) is 0.231. The Kier molecular flexibility index (Phi) is 4.15. The standard InChI is InChI=1S/C13H13N5O2S/c1-9-14-13(18-15-9)21-8-12-17-16-11(20-12)7-19-10-5-3-2-4-6-10/h2-6H,7-8H2,1H3,(H,14,15,18). The van der Waals surface area contributed by atoms with E-state index >= 15 is 0 Å². The van der Waals surface area contributed by atoms with Gasteiger partial charge >= 0.3 is 0 Å². The maximum Gasteiger partial charge on any atom is 0.253 e. The van der Waals surface area contributed by atoms with Gasteiger partial charge in [0.25, 0.3) is 5.89 Å². The summed E-state index contributed by atoms with van der Waals surface area (Å²) in [4.78, 5) is 4.19. The number of aryl methyl sites for hydroxylation is 1. The largest absolute Gasteiger partial charge is 0.484 e. The topological polar surface area (TPSA) is 89.7 Å². The van der Waals surface area contributed by atoms with Crippen molar-refractivity contribution >= 4 is 11.8 Å². The Morgan fingerprint density at radius 1 is 1.19 bits per heavy atom. The highest BCUT2D eigenvalue weighted by atomic mass is 32.2. The average Bonchev–Trinajstić information content (AvgIpc) is 3.13. The molecule has 21 heavy (non-hydrogen) atoms. The molecule has 1 aromatic carbocycles. The Morgan fingerprint density at radius 3 is 2.76 bits per heavy atom. The van der Waals surface area contributed by atoms with Crippen LogP contribution < -0.4 is 4.74 Å². The molecule has 0 aliphatic heterocycles. The molecule has 0 bridgehead atoms. The number of H-pyrrole nitrogens is 1. The van der Waals surface area contributed by atoms with Crippen molar-refractivity contribution in [3.63, 3.8) is 0 Å². The van der Waals surface area contributed by atoms with Crippen LogP contribution in [-0.4, -0.2) is 25.4 Å². The van der Waals surface area contributed by atoms with Gasteiger partial charge in [0.2, 0.25) is 11.0 Å². The van der Waals surface area contributed by atoms with Crippen LogP contribution >= 0.6 is 11.8 Å². The van der Waals surface area contributed by atoms with E-state index in [0.29, 0.717) is 22.7 Å². The summed E-state index contributed by atoms with van der Waals surface area (Å²) in [5.74, 6) is 3.04. The van der Waals surface area contributed by atoms with Crippen LogP contribution in [-0.2, 0) is 12.4 Å². The summed E-state index contributed by atoms with van der Waals surface area (Å²) in [5, 5.41) is 15.4. The van der Waals surface area contributed by atoms with Gasteiger partial charge in [-0.1, -0.05) is 30.0 Å². The van der Waals surface area contributed by atoms with Gasteiger partial charge in [-0.25, -0.2) is 4.98 Å². The minimum absolute atomic E-state index is 0.251. The molecule has 108 valence electrons. The van der Waals surface area contributed by atoms with E-state index in [4.69, 9.17) is 9.15 Å². The second-order valence-corrected chi connectivity index (χ2v) is 5.13. The first-order valence-corrected chi connectivity index (χ1v) is 7.29. The van der Waals surface area contributed by atoms with Crippen LogP contribution in [0.25, 0.3) is 0 Å². The molecule has 2 heterocycles. The number of hydrogen-bond acceptors (Lipinski definition) is 7. The average molecular weight is 303 g/mol. The molecule has 0 fully saturated rings. The van der Waals surface area contributed by atoms with Crippen molar-refractivity contribution in [2.45, 2.75) is 24.4 Å². The molecule has 2 aromatic heterocycles. The van der Waals surface area contributed by atoms with E-state index in [1.54, 1.807) is 0 Å². The quantitative estimate of drug-likeness (QED) is 0.699. The molecule has 8 heteroatoms. The van der Waals surface area contributed by atoms with Crippen molar-refractivity contribution < 1.29 is 9.15 Å². The molecule has 1 N–H and O–H groups in total. The maximum atomic E-state index is 5.54. The molecule has 0 unspecified atom stereocenters. The van der Waals surface area contributed by atoms with E-state index in [1.807, 2.05) is 37.3 Å². The first-order chi connectivity index (χ1) is 10.3. The summed E-state index contributed by atoms with van der Waals surface area (Å²) in [6.45, 7) is 2.10. The van der Waals surface area contributed by atoms with E-state index in [1.165, 1.54) is 11.8 Å². The van der Waals surface area contributed by atoms with Gasteiger partial charge in [-0.05, 0) is 19.1 Å². The van der Waals surface area contributed by atoms with Crippen LogP contribution in [0.4, 0.5) is 0 Å². The van der Waals surface area contributed by atoms with Crippen LogP contribution in [0.15, 0.2) is 39.9 Å². The zero-order valence-electron chi connectivity index (χ0n) is 11.3. The molecule has 0 atom stereocenters. The van der Waals surface area contributed by atoms with E-state index in [2.05, 4.69) is 25.4 Å². The highest BCUT2D eigenvalue weighted by Gasteiger charge is 2.09. The number of para-hydroxylation sites is 1. The molecular weight excluding hydrogens is 290 g/mol. The Balaban J connectivity index is 1.51. The normalized spacial score (nSPS) is 10.7. The molecule has 3 rings (SSSR count). The lowest BCUT2D eigenvalue weighted by Crippen LogP contribution is -1.95. The van der Waals surface area contributed by atoms with Gasteiger partial charge in [0, 0.05) is 0 Å². The third-order valence-corrected chi connectivity index (χ3v) is 3.35. The number of hydrogen-bond donors (Lipinski definition) is 1. The molecule has 0 aliphatic carbocycles. The van der Waals surface area contributed by atoms with Crippen molar-refractivity contribution in [3.8, 4) is 5.75 Å². The first-order valence-electron chi connectivity index (χ1n) is 6.30. The van der Waals surface area contributed by atoms with E-state index < -0.39 is 0 Å². The van der Waals surface area contributed by atoms with Gasteiger partial charge in [-0.2, -0.15) is 0 Å². The van der Waals surface area contributed by atoms with E-state index in [0.717, 1.165) is 11.6 Å². The number of nitrogens with one attached hydrogen (secondary N) is 1. The van der Waals surface area contributed by atoms with Gasteiger partial charge in [0.1, 0.15) is 11.6 Å². The minimum Gasteiger partial charge on any atom is -0.484 e. The lowest BCUT2D eigenvalue weighted by atomic mass is 10.3. The summed E-state index contributed by atoms with van der Waals surface area (Å²) in [5.41, 5.74) is 0. The van der Waals surface area contributed by atoms with Crippen molar-refractivity contribution in [1.29, 1.82) is 0 Å². The lowest BCUT2D eigenvalue weighted by molar-refractivity contribution is 0.260. The van der Waals surface area contributed by atoms with Crippen molar-refractivity contribution in [1.82, 2.24) is 25.4 Å². The molecule has 3 aromatic rings. The van der Waals surface area contributed by atoms with Gasteiger partial charge in [-0.3, -0.25) is 5.10 Å². The number of aromatic nitrogens is 5. The number of ether oxygens (including phenoxy) is 1. The summed E-state index contributed by atoms with van der Waals surface area (Å²) >= 11 is 1.43. The second kappa shape index (κ2) is 6.40. The Bertz CT molecular complexity index is 697. The highest BCUT2D eigenvalue weighted by molar-refractivity contribution is 7.98. The molecule has 0 saturated carbocycles. The first kappa shape index (κ1) is 13.6. The van der Waals surface area contributed by atoms with Crippen molar-refractivity contribution in [2.75, 3.05) is 0 Å². The van der Waals surface area contributed by atoms with Gasteiger partial charge in [0.15, 0.2) is 6.61 Å². The minimum atomic E-state index is 0.251. The fourth-order valence-electron chi connectivity index (χ4n) is 1.58. The van der Waals surface area contributed by atoms with Crippen LogP contribution in [0.1, 0.15) is 17.6 Å². The van der Waals surface area contributed by atoms with Crippen LogP contribution in [0.5, 0.6) is 5.75 Å². The highest BCUT2D eigenvalue weighted by Crippen LogP contribution is 2.18. The van der Waals surface area contributed by atoms with Gasteiger partial charge in [-0.15, -0.1) is 15.3 Å². The molecule has 7 nitrogen and oxygen atoms in total. The smallest absolute Gasteiger partial charge is 0.253 e. The zero-order chi connectivity index (χ0) is 14.5. The number of nitrogens with zero attached hydrogens (tertiary/aromatic N) is 4. The summed E-state index contributed by atoms with van der Waals surface area (Å²) in [7, 11) is 0. The summed E-state index contributed by atoms with van der Waals surface area (Å²) in [6, 6.07) is 9.49. The van der Waals surface area contributed by atoms with Crippen LogP contribution in [0.2, 0.25) is 0 Å². The Labute approximate surface area is 125 Å². The molecule has 0 saturated heterocycles. The monoisotopic (exact) mass is 303 g/mol. The molecule has 0 aliphatic rings. The zero-order valence-corrected chi connectivity index (χ0v) is 12.1. The van der Waals surface area contributed by atoms with E-state index in [-0.39, 0.29) is 6.61 Å². The SMILES string of the molecule is Cc1nc(SCc2nnc(COc3ccccc3)o2)n[nH]1. The molecule has 0 radical (unpaired) electrons.